The van der Waals surface area contributed by atoms with E-state index in [1.54, 1.807) is 0 Å². The van der Waals surface area contributed by atoms with Crippen molar-refractivity contribution in [3.63, 3.8) is 0 Å². The maximum absolute atomic E-state index is 11.1. The topological polar surface area (TPSA) is 64.8 Å². The molecule has 1 heterocycles. The second kappa shape index (κ2) is 9.23. The molecular weight excluding hydrogens is 264 g/mol. The van der Waals surface area contributed by atoms with Gasteiger partial charge in [0.05, 0.1) is 13.2 Å². The molecule has 2 N–H and O–H groups in total. The van der Waals surface area contributed by atoms with E-state index in [0.717, 1.165) is 38.9 Å². The molecule has 0 amide bonds. The summed E-state index contributed by atoms with van der Waals surface area (Å²) in [4.78, 5) is 13.9. The van der Waals surface area contributed by atoms with E-state index >= 15 is 0 Å². The summed E-state index contributed by atoms with van der Waals surface area (Å²) < 4.78 is 10.4. The first-order valence-corrected chi connectivity index (χ1v) is 7.33. The molecule has 1 unspecified atom stereocenters. The van der Waals surface area contributed by atoms with Crippen LogP contribution in [0.25, 0.3) is 0 Å². The predicted molar refractivity (Wildman–Crippen MR) is 78.1 cm³/mol. The van der Waals surface area contributed by atoms with Gasteiger partial charge in [-0.2, -0.15) is 0 Å². The van der Waals surface area contributed by atoms with Gasteiger partial charge in [0.1, 0.15) is 11.1 Å². The van der Waals surface area contributed by atoms with Crippen LogP contribution in [-0.4, -0.2) is 54.8 Å². The zero-order valence-electron chi connectivity index (χ0n) is 11.6. The van der Waals surface area contributed by atoms with E-state index in [1.165, 1.54) is 0 Å². The molecule has 0 bridgehead atoms. The normalized spacial score (nSPS) is 20.2. The fraction of sp³-hybridized carbons (Fsp3) is 0.846. The number of esters is 1. The molecule has 1 atom stereocenters. The molecule has 0 aromatic heterocycles. The Kier molecular flexibility index (Phi) is 7.93. The summed E-state index contributed by atoms with van der Waals surface area (Å²) in [5, 5.41) is 0. The summed E-state index contributed by atoms with van der Waals surface area (Å²) in [7, 11) is 0. The Bertz CT molecular complexity index is 300. The van der Waals surface area contributed by atoms with Crippen molar-refractivity contribution in [2.24, 2.45) is 5.73 Å². The maximum atomic E-state index is 11.1. The van der Waals surface area contributed by atoms with Crippen molar-refractivity contribution in [2.45, 2.75) is 38.7 Å². The third-order valence-electron chi connectivity index (χ3n) is 3.13. The molecule has 0 aromatic rings. The molecule has 0 spiro atoms. The molecule has 0 radical (unpaired) electrons. The largest absolute Gasteiger partial charge is 0.466 e. The standard InChI is InChI=1S/C13H24N2O3S/c1-2-17-12(16)6-4-3-5-7-15-8-9-18-11(10-15)13(14)19/h11H,2-10H2,1H3,(H2,14,19). The highest BCUT2D eigenvalue weighted by molar-refractivity contribution is 7.80. The summed E-state index contributed by atoms with van der Waals surface area (Å²) in [6.45, 7) is 5.70. The molecule has 1 rings (SSSR count). The van der Waals surface area contributed by atoms with Gasteiger partial charge in [0, 0.05) is 19.5 Å². The van der Waals surface area contributed by atoms with E-state index in [0.29, 0.717) is 24.6 Å². The highest BCUT2D eigenvalue weighted by Crippen LogP contribution is 2.08. The molecule has 1 saturated heterocycles. The number of hydrogen-bond acceptors (Lipinski definition) is 5. The lowest BCUT2D eigenvalue weighted by atomic mass is 10.1. The minimum Gasteiger partial charge on any atom is -0.466 e. The highest BCUT2D eigenvalue weighted by atomic mass is 32.1. The molecule has 1 aliphatic rings. The van der Waals surface area contributed by atoms with E-state index in [-0.39, 0.29) is 12.1 Å². The third kappa shape index (κ3) is 6.84. The van der Waals surface area contributed by atoms with Crippen molar-refractivity contribution in [3.8, 4) is 0 Å². The van der Waals surface area contributed by atoms with Crippen LogP contribution in [0.2, 0.25) is 0 Å². The van der Waals surface area contributed by atoms with Crippen LogP contribution >= 0.6 is 12.2 Å². The van der Waals surface area contributed by atoms with E-state index in [9.17, 15) is 4.79 Å². The first-order valence-electron chi connectivity index (χ1n) is 6.92. The zero-order valence-corrected chi connectivity index (χ0v) is 12.4. The number of rotatable bonds is 8. The van der Waals surface area contributed by atoms with Gasteiger partial charge in [-0.25, -0.2) is 0 Å². The highest BCUT2D eigenvalue weighted by Gasteiger charge is 2.21. The van der Waals surface area contributed by atoms with Crippen LogP contribution in [0.3, 0.4) is 0 Å². The zero-order chi connectivity index (χ0) is 14.1. The molecular formula is C13H24N2O3S. The summed E-state index contributed by atoms with van der Waals surface area (Å²) in [6, 6.07) is 0. The summed E-state index contributed by atoms with van der Waals surface area (Å²) in [5.74, 6) is -0.0950. The fourth-order valence-corrected chi connectivity index (χ4v) is 2.24. The first kappa shape index (κ1) is 16.3. The van der Waals surface area contributed by atoms with Crippen LogP contribution in [0.1, 0.15) is 32.6 Å². The predicted octanol–water partition coefficient (Wildman–Crippen LogP) is 1.10. The molecule has 110 valence electrons. The number of carbonyl (C=O) groups excluding carboxylic acids is 1. The second-order valence-electron chi connectivity index (χ2n) is 4.68. The number of morpholine rings is 1. The minimum atomic E-state index is -0.108. The van der Waals surface area contributed by atoms with Crippen molar-refractivity contribution in [2.75, 3.05) is 32.8 Å². The van der Waals surface area contributed by atoms with E-state index in [4.69, 9.17) is 27.4 Å². The Morgan fingerprint density at radius 1 is 1.47 bits per heavy atom. The average molecular weight is 288 g/mol. The van der Waals surface area contributed by atoms with Crippen LogP contribution in [0.15, 0.2) is 0 Å². The van der Waals surface area contributed by atoms with Gasteiger partial charge < -0.3 is 15.2 Å². The number of nitrogens with zero attached hydrogens (tertiary/aromatic N) is 1. The van der Waals surface area contributed by atoms with Crippen LogP contribution in [-0.2, 0) is 14.3 Å². The number of unbranched alkanes of at least 4 members (excludes halogenated alkanes) is 2. The average Bonchev–Trinajstić information content (AvgIpc) is 2.39. The van der Waals surface area contributed by atoms with Gasteiger partial charge in [0.15, 0.2) is 0 Å². The van der Waals surface area contributed by atoms with Crippen molar-refractivity contribution in [1.82, 2.24) is 4.90 Å². The Labute approximate surface area is 120 Å². The number of nitrogens with two attached hydrogens (primary N) is 1. The number of ether oxygens (including phenoxy) is 2. The number of hydrogen-bond donors (Lipinski definition) is 1. The van der Waals surface area contributed by atoms with Gasteiger partial charge in [0.2, 0.25) is 0 Å². The lowest BCUT2D eigenvalue weighted by Gasteiger charge is -2.32. The van der Waals surface area contributed by atoms with Crippen molar-refractivity contribution < 1.29 is 14.3 Å². The Morgan fingerprint density at radius 3 is 2.95 bits per heavy atom. The SMILES string of the molecule is CCOC(=O)CCCCCN1CCOC(C(N)=S)C1. The Hall–Kier alpha value is -0.720. The third-order valence-corrected chi connectivity index (χ3v) is 3.39. The smallest absolute Gasteiger partial charge is 0.305 e. The number of thiocarbonyl (C=S) groups is 1. The van der Waals surface area contributed by atoms with Gasteiger partial charge in [0.25, 0.3) is 0 Å². The molecule has 19 heavy (non-hydrogen) atoms. The summed E-state index contributed by atoms with van der Waals surface area (Å²) in [5.41, 5.74) is 5.60. The summed E-state index contributed by atoms with van der Waals surface area (Å²) >= 11 is 4.95. The number of carbonyl (C=O) groups is 1. The lowest BCUT2D eigenvalue weighted by molar-refractivity contribution is -0.143. The monoisotopic (exact) mass is 288 g/mol. The molecule has 0 saturated carbocycles. The van der Waals surface area contributed by atoms with Gasteiger partial charge in [-0.15, -0.1) is 0 Å². The fourth-order valence-electron chi connectivity index (χ4n) is 2.09. The van der Waals surface area contributed by atoms with Crippen LogP contribution in [0.5, 0.6) is 0 Å². The second-order valence-corrected chi connectivity index (χ2v) is 5.15. The summed E-state index contributed by atoms with van der Waals surface area (Å²) in [6.07, 6.45) is 3.41. The van der Waals surface area contributed by atoms with Crippen molar-refractivity contribution in [1.29, 1.82) is 0 Å². The van der Waals surface area contributed by atoms with E-state index in [2.05, 4.69) is 4.90 Å². The van der Waals surface area contributed by atoms with Crippen LogP contribution < -0.4 is 5.73 Å². The maximum Gasteiger partial charge on any atom is 0.305 e. The molecule has 6 heteroatoms. The van der Waals surface area contributed by atoms with E-state index < -0.39 is 0 Å². The Morgan fingerprint density at radius 2 is 2.26 bits per heavy atom. The van der Waals surface area contributed by atoms with Crippen LogP contribution in [0.4, 0.5) is 0 Å². The van der Waals surface area contributed by atoms with Crippen molar-refractivity contribution >= 4 is 23.2 Å². The molecule has 5 nitrogen and oxygen atoms in total. The van der Waals surface area contributed by atoms with Gasteiger partial charge >= 0.3 is 5.97 Å². The van der Waals surface area contributed by atoms with Gasteiger partial charge in [-0.1, -0.05) is 18.6 Å². The minimum absolute atomic E-state index is 0.0950. The molecule has 0 aromatic carbocycles. The molecule has 1 aliphatic heterocycles. The van der Waals surface area contributed by atoms with Gasteiger partial charge in [-0.3, -0.25) is 9.69 Å². The first-order chi connectivity index (χ1) is 9.13. The van der Waals surface area contributed by atoms with Crippen molar-refractivity contribution in [3.05, 3.63) is 0 Å². The Balaban J connectivity index is 2.06. The molecule has 0 aliphatic carbocycles. The van der Waals surface area contributed by atoms with Crippen LogP contribution in [0, 0.1) is 0 Å². The van der Waals surface area contributed by atoms with Gasteiger partial charge in [-0.05, 0) is 26.3 Å². The quantitative estimate of drug-likeness (QED) is 0.410. The lowest BCUT2D eigenvalue weighted by Crippen LogP contribution is -2.47. The van der Waals surface area contributed by atoms with E-state index in [1.807, 2.05) is 6.92 Å². The molecule has 1 fully saturated rings.